The Morgan fingerprint density at radius 2 is 2.06 bits per heavy atom. The number of aliphatic hydroxyl groups is 1. The Morgan fingerprint density at radius 1 is 1.39 bits per heavy atom. The molecule has 98 valence electrons. The monoisotopic (exact) mass is 269 g/mol. The van der Waals surface area contributed by atoms with Crippen molar-refractivity contribution in [2.75, 3.05) is 12.3 Å². The van der Waals surface area contributed by atoms with E-state index in [1.54, 1.807) is 0 Å². The van der Waals surface area contributed by atoms with E-state index >= 15 is 0 Å². The first-order valence-electron chi connectivity index (χ1n) is 5.36. The normalized spacial score (nSPS) is 11.9. The van der Waals surface area contributed by atoms with Gasteiger partial charge in [0.15, 0.2) is 6.10 Å². The second kappa shape index (κ2) is 7.03. The van der Waals surface area contributed by atoms with Gasteiger partial charge in [-0.25, -0.2) is 4.79 Å². The highest BCUT2D eigenvalue weighted by Gasteiger charge is 2.14. The summed E-state index contributed by atoms with van der Waals surface area (Å²) in [6.07, 6.45) is -1.56. The molecule has 0 aliphatic heterocycles. The number of carbonyl (C=O) groups excluding carboxylic acids is 1. The van der Waals surface area contributed by atoms with Gasteiger partial charge in [-0.15, -0.1) is 11.8 Å². The van der Waals surface area contributed by atoms with Gasteiger partial charge >= 0.3 is 5.97 Å². The summed E-state index contributed by atoms with van der Waals surface area (Å²) >= 11 is 1.37. The number of thioether (sulfide) groups is 1. The summed E-state index contributed by atoms with van der Waals surface area (Å²) in [4.78, 5) is 22.8. The number of aliphatic carboxylic acids is 1. The SMILES string of the molecule is Cc1ccccc1SCC(=O)NCC(O)C(=O)O. The largest absolute Gasteiger partial charge is 0.479 e. The minimum absolute atomic E-state index is 0.192. The van der Waals surface area contributed by atoms with Gasteiger partial charge in [0.1, 0.15) is 0 Å². The minimum Gasteiger partial charge on any atom is -0.479 e. The van der Waals surface area contributed by atoms with E-state index in [1.165, 1.54) is 11.8 Å². The predicted molar refractivity (Wildman–Crippen MR) is 68.6 cm³/mol. The number of aryl methyl sites for hydroxylation is 1. The fraction of sp³-hybridized carbons (Fsp3) is 0.333. The third kappa shape index (κ3) is 4.77. The lowest BCUT2D eigenvalue weighted by atomic mass is 10.2. The average Bonchev–Trinajstić information content (AvgIpc) is 2.34. The van der Waals surface area contributed by atoms with Crippen molar-refractivity contribution in [1.82, 2.24) is 5.32 Å². The average molecular weight is 269 g/mol. The van der Waals surface area contributed by atoms with E-state index < -0.39 is 12.1 Å². The first-order chi connectivity index (χ1) is 8.50. The van der Waals surface area contributed by atoms with Crippen molar-refractivity contribution in [3.63, 3.8) is 0 Å². The number of benzene rings is 1. The minimum atomic E-state index is -1.56. The molecule has 1 aromatic rings. The predicted octanol–water partition coefficient (Wildman–Crippen LogP) is 0.649. The third-order valence-electron chi connectivity index (χ3n) is 2.23. The Hall–Kier alpha value is -1.53. The molecule has 0 spiro atoms. The molecule has 1 unspecified atom stereocenters. The molecule has 0 saturated heterocycles. The Labute approximate surface area is 109 Å². The van der Waals surface area contributed by atoms with Gasteiger partial charge in [0.2, 0.25) is 5.91 Å². The zero-order chi connectivity index (χ0) is 13.5. The maximum absolute atomic E-state index is 11.4. The number of amides is 1. The molecule has 0 saturated carbocycles. The number of hydrogen-bond donors (Lipinski definition) is 3. The van der Waals surface area contributed by atoms with Crippen LogP contribution in [0.2, 0.25) is 0 Å². The van der Waals surface area contributed by atoms with Crippen LogP contribution >= 0.6 is 11.8 Å². The van der Waals surface area contributed by atoms with Gasteiger partial charge in [0.05, 0.1) is 12.3 Å². The van der Waals surface area contributed by atoms with Gasteiger partial charge in [-0.05, 0) is 18.6 Å². The molecule has 0 aromatic heterocycles. The fourth-order valence-electron chi connectivity index (χ4n) is 1.21. The van der Waals surface area contributed by atoms with E-state index in [1.807, 2.05) is 31.2 Å². The summed E-state index contributed by atoms with van der Waals surface area (Å²) in [6.45, 7) is 1.68. The molecule has 0 radical (unpaired) electrons. The molecule has 5 nitrogen and oxygen atoms in total. The number of aliphatic hydroxyl groups excluding tert-OH is 1. The Bertz CT molecular complexity index is 436. The summed E-state index contributed by atoms with van der Waals surface area (Å²) < 4.78 is 0. The molecule has 0 bridgehead atoms. The highest BCUT2D eigenvalue weighted by molar-refractivity contribution is 8.00. The van der Waals surface area contributed by atoms with Crippen LogP contribution in [0.25, 0.3) is 0 Å². The molecule has 18 heavy (non-hydrogen) atoms. The van der Waals surface area contributed by atoms with Crippen LogP contribution in [0.5, 0.6) is 0 Å². The number of rotatable bonds is 6. The zero-order valence-corrected chi connectivity index (χ0v) is 10.7. The molecular weight excluding hydrogens is 254 g/mol. The van der Waals surface area contributed by atoms with Crippen LogP contribution in [0.4, 0.5) is 0 Å². The van der Waals surface area contributed by atoms with Crippen molar-refractivity contribution in [3.05, 3.63) is 29.8 Å². The van der Waals surface area contributed by atoms with Crippen LogP contribution in [0.1, 0.15) is 5.56 Å². The van der Waals surface area contributed by atoms with Crippen molar-refractivity contribution in [1.29, 1.82) is 0 Å². The van der Waals surface area contributed by atoms with E-state index in [2.05, 4.69) is 5.32 Å². The molecule has 1 rings (SSSR count). The number of carboxylic acids is 1. The number of nitrogens with one attached hydrogen (secondary N) is 1. The summed E-state index contributed by atoms with van der Waals surface area (Å²) in [5.74, 6) is -1.46. The summed E-state index contributed by atoms with van der Waals surface area (Å²) in [7, 11) is 0. The first kappa shape index (κ1) is 14.5. The van der Waals surface area contributed by atoms with Crippen molar-refractivity contribution >= 4 is 23.6 Å². The second-order valence-electron chi connectivity index (χ2n) is 3.71. The van der Waals surface area contributed by atoms with E-state index in [9.17, 15) is 9.59 Å². The van der Waals surface area contributed by atoms with Gasteiger partial charge in [0.25, 0.3) is 0 Å². The molecule has 1 amide bonds. The van der Waals surface area contributed by atoms with Gasteiger partial charge in [-0.1, -0.05) is 18.2 Å². The summed E-state index contributed by atoms with van der Waals surface area (Å²) in [5, 5.41) is 19.8. The molecular formula is C12H15NO4S. The smallest absolute Gasteiger partial charge is 0.334 e. The van der Waals surface area contributed by atoms with Gasteiger partial charge in [0, 0.05) is 4.90 Å². The quantitative estimate of drug-likeness (QED) is 0.660. The van der Waals surface area contributed by atoms with Gasteiger partial charge < -0.3 is 15.5 Å². The van der Waals surface area contributed by atoms with E-state index in [-0.39, 0.29) is 18.2 Å². The highest BCUT2D eigenvalue weighted by atomic mass is 32.2. The topological polar surface area (TPSA) is 86.6 Å². The zero-order valence-electron chi connectivity index (χ0n) is 9.92. The lowest BCUT2D eigenvalue weighted by Gasteiger charge is -2.08. The van der Waals surface area contributed by atoms with E-state index in [4.69, 9.17) is 10.2 Å². The molecule has 0 heterocycles. The van der Waals surface area contributed by atoms with Crippen molar-refractivity contribution < 1.29 is 19.8 Å². The molecule has 3 N–H and O–H groups in total. The Kier molecular flexibility index (Phi) is 5.67. The van der Waals surface area contributed by atoms with Gasteiger partial charge in [-0.3, -0.25) is 4.79 Å². The van der Waals surface area contributed by atoms with Crippen LogP contribution < -0.4 is 5.32 Å². The lowest BCUT2D eigenvalue weighted by Crippen LogP contribution is -2.37. The summed E-state index contributed by atoms with van der Waals surface area (Å²) in [5.41, 5.74) is 1.08. The number of carbonyl (C=O) groups is 2. The number of hydrogen-bond acceptors (Lipinski definition) is 4. The maximum atomic E-state index is 11.4. The van der Waals surface area contributed by atoms with Crippen LogP contribution in [-0.4, -0.2) is 40.5 Å². The van der Waals surface area contributed by atoms with Gasteiger partial charge in [-0.2, -0.15) is 0 Å². The van der Waals surface area contributed by atoms with Crippen LogP contribution in [0, 0.1) is 6.92 Å². The van der Waals surface area contributed by atoms with Crippen LogP contribution in [0.3, 0.4) is 0 Å². The molecule has 6 heteroatoms. The Balaban J connectivity index is 2.34. The Morgan fingerprint density at radius 3 is 2.67 bits per heavy atom. The third-order valence-corrected chi connectivity index (χ3v) is 3.41. The molecule has 1 atom stereocenters. The summed E-state index contributed by atoms with van der Waals surface area (Å²) in [6, 6.07) is 7.68. The lowest BCUT2D eigenvalue weighted by molar-refractivity contribution is -0.146. The van der Waals surface area contributed by atoms with Crippen LogP contribution in [0.15, 0.2) is 29.2 Å². The second-order valence-corrected chi connectivity index (χ2v) is 4.73. The molecule has 0 aliphatic carbocycles. The first-order valence-corrected chi connectivity index (χ1v) is 6.35. The highest BCUT2D eigenvalue weighted by Crippen LogP contribution is 2.21. The maximum Gasteiger partial charge on any atom is 0.334 e. The van der Waals surface area contributed by atoms with E-state index in [0.717, 1.165) is 10.5 Å². The molecule has 1 aromatic carbocycles. The molecule has 0 fully saturated rings. The molecule has 0 aliphatic rings. The van der Waals surface area contributed by atoms with Crippen molar-refractivity contribution in [2.24, 2.45) is 0 Å². The van der Waals surface area contributed by atoms with Crippen LogP contribution in [-0.2, 0) is 9.59 Å². The fourth-order valence-corrected chi connectivity index (χ4v) is 2.07. The number of carboxylic acid groups (broad SMARTS) is 1. The standard InChI is InChI=1S/C12H15NO4S/c1-8-4-2-3-5-10(8)18-7-11(15)13-6-9(14)12(16)17/h2-5,9,14H,6-7H2,1H3,(H,13,15)(H,16,17). The van der Waals surface area contributed by atoms with Crippen molar-refractivity contribution in [3.8, 4) is 0 Å². The van der Waals surface area contributed by atoms with Crippen molar-refractivity contribution in [2.45, 2.75) is 17.9 Å². The van der Waals surface area contributed by atoms with E-state index in [0.29, 0.717) is 0 Å².